The van der Waals surface area contributed by atoms with Crippen molar-refractivity contribution in [2.24, 2.45) is 0 Å². The Balaban J connectivity index is 1.69. The first-order valence-electron chi connectivity index (χ1n) is 9.77. The van der Waals surface area contributed by atoms with Crippen molar-refractivity contribution in [3.8, 4) is 0 Å². The van der Waals surface area contributed by atoms with E-state index in [-0.39, 0.29) is 10.8 Å². The highest BCUT2D eigenvalue weighted by Crippen LogP contribution is 2.20. The maximum atomic E-state index is 12.7. The Bertz CT molecular complexity index is 1190. The van der Waals surface area contributed by atoms with Gasteiger partial charge in [-0.15, -0.1) is 0 Å². The highest BCUT2D eigenvalue weighted by atomic mass is 32.2. The van der Waals surface area contributed by atoms with Crippen LogP contribution in [0.4, 0.5) is 11.5 Å². The molecule has 0 unspecified atom stereocenters. The van der Waals surface area contributed by atoms with E-state index in [0.29, 0.717) is 17.8 Å². The molecule has 1 amide bonds. The minimum Gasteiger partial charge on any atom is -0.362 e. The zero-order chi connectivity index (χ0) is 22.6. The van der Waals surface area contributed by atoms with Crippen LogP contribution in [0.3, 0.4) is 0 Å². The van der Waals surface area contributed by atoms with Crippen molar-refractivity contribution >= 4 is 27.4 Å². The summed E-state index contributed by atoms with van der Waals surface area (Å²) in [4.78, 5) is 18.8. The van der Waals surface area contributed by atoms with Gasteiger partial charge in [-0.05, 0) is 67.4 Å². The number of carbonyl (C=O) groups excluding carboxylic acids is 1. The van der Waals surface area contributed by atoms with E-state index in [2.05, 4.69) is 15.0 Å². The summed E-state index contributed by atoms with van der Waals surface area (Å²) in [5, 5.41) is 2.85. The molecule has 8 heteroatoms. The van der Waals surface area contributed by atoms with Crippen LogP contribution in [-0.2, 0) is 16.6 Å². The van der Waals surface area contributed by atoms with Crippen LogP contribution in [0.1, 0.15) is 27.0 Å². The minimum atomic E-state index is -3.75. The van der Waals surface area contributed by atoms with E-state index in [4.69, 9.17) is 0 Å². The average Bonchev–Trinajstić information content (AvgIpc) is 2.74. The van der Waals surface area contributed by atoms with Gasteiger partial charge >= 0.3 is 0 Å². The molecule has 0 bridgehead atoms. The number of amides is 1. The van der Waals surface area contributed by atoms with Crippen LogP contribution in [-0.4, -0.2) is 33.4 Å². The Kier molecular flexibility index (Phi) is 6.60. The summed E-state index contributed by atoms with van der Waals surface area (Å²) in [5.74, 6) is 0.487. The SMILES string of the molecule is Cc1ccc(NS(=O)(=O)c2ccc(C(=O)NCc3cccnc3N(C)C)cc2)cc1C. The van der Waals surface area contributed by atoms with E-state index in [1.54, 1.807) is 18.3 Å². The molecule has 1 aromatic heterocycles. The number of anilines is 2. The zero-order valence-corrected chi connectivity index (χ0v) is 18.8. The molecule has 7 nitrogen and oxygen atoms in total. The zero-order valence-electron chi connectivity index (χ0n) is 18.0. The number of sulfonamides is 1. The number of benzene rings is 2. The lowest BCUT2D eigenvalue weighted by atomic mass is 10.1. The van der Waals surface area contributed by atoms with Gasteiger partial charge in [-0.3, -0.25) is 9.52 Å². The molecular formula is C23H26N4O3S. The van der Waals surface area contributed by atoms with Gasteiger partial charge in [0.1, 0.15) is 5.82 Å². The number of hydrogen-bond acceptors (Lipinski definition) is 5. The molecular weight excluding hydrogens is 412 g/mol. The Hall–Kier alpha value is -3.39. The van der Waals surface area contributed by atoms with Crippen molar-refractivity contribution in [3.05, 3.63) is 83.0 Å². The Labute approximate surface area is 183 Å². The van der Waals surface area contributed by atoms with E-state index in [1.165, 1.54) is 24.3 Å². The summed E-state index contributed by atoms with van der Waals surface area (Å²) < 4.78 is 27.9. The third-order valence-electron chi connectivity index (χ3n) is 4.92. The molecule has 2 aromatic carbocycles. The molecule has 0 aliphatic carbocycles. The van der Waals surface area contributed by atoms with Crippen molar-refractivity contribution in [3.63, 3.8) is 0 Å². The number of aryl methyl sites for hydroxylation is 2. The molecule has 3 rings (SSSR count). The molecule has 0 radical (unpaired) electrons. The number of rotatable bonds is 7. The summed E-state index contributed by atoms with van der Waals surface area (Å²) in [7, 11) is 0.0240. The van der Waals surface area contributed by atoms with E-state index in [1.807, 2.05) is 51.0 Å². The van der Waals surface area contributed by atoms with Gasteiger partial charge in [0.2, 0.25) is 0 Å². The second kappa shape index (κ2) is 9.18. The van der Waals surface area contributed by atoms with E-state index < -0.39 is 10.0 Å². The third kappa shape index (κ3) is 5.40. The van der Waals surface area contributed by atoms with Gasteiger partial charge < -0.3 is 10.2 Å². The van der Waals surface area contributed by atoms with Crippen LogP contribution < -0.4 is 14.9 Å². The number of nitrogens with zero attached hydrogens (tertiary/aromatic N) is 2. The lowest BCUT2D eigenvalue weighted by Gasteiger charge is -2.16. The van der Waals surface area contributed by atoms with Gasteiger partial charge in [-0.2, -0.15) is 0 Å². The quantitative estimate of drug-likeness (QED) is 0.589. The van der Waals surface area contributed by atoms with Gasteiger partial charge in [0, 0.05) is 43.7 Å². The normalized spacial score (nSPS) is 11.1. The van der Waals surface area contributed by atoms with Gasteiger partial charge in [0.25, 0.3) is 15.9 Å². The van der Waals surface area contributed by atoms with Crippen molar-refractivity contribution in [2.45, 2.75) is 25.3 Å². The summed E-state index contributed by atoms with van der Waals surface area (Å²) in [5.41, 5.74) is 3.84. The first kappa shape index (κ1) is 22.3. The smallest absolute Gasteiger partial charge is 0.261 e. The van der Waals surface area contributed by atoms with Crippen LogP contribution in [0.15, 0.2) is 65.7 Å². The topological polar surface area (TPSA) is 91.4 Å². The average molecular weight is 439 g/mol. The maximum absolute atomic E-state index is 12.7. The fourth-order valence-electron chi connectivity index (χ4n) is 3.05. The van der Waals surface area contributed by atoms with Crippen LogP contribution in [0.5, 0.6) is 0 Å². The molecule has 0 saturated heterocycles. The molecule has 162 valence electrons. The predicted molar refractivity (Wildman–Crippen MR) is 123 cm³/mol. The van der Waals surface area contributed by atoms with Gasteiger partial charge in [-0.1, -0.05) is 12.1 Å². The largest absolute Gasteiger partial charge is 0.362 e. The summed E-state index contributed by atoms with van der Waals surface area (Å²) >= 11 is 0. The fraction of sp³-hybridized carbons (Fsp3) is 0.217. The lowest BCUT2D eigenvalue weighted by Crippen LogP contribution is -2.24. The first-order chi connectivity index (χ1) is 14.7. The first-order valence-corrected chi connectivity index (χ1v) is 11.3. The van der Waals surface area contributed by atoms with Gasteiger partial charge in [0.05, 0.1) is 4.90 Å². The van der Waals surface area contributed by atoms with E-state index >= 15 is 0 Å². The molecule has 0 aliphatic heterocycles. The number of hydrogen-bond donors (Lipinski definition) is 2. The number of pyridine rings is 1. The van der Waals surface area contributed by atoms with Crippen LogP contribution >= 0.6 is 0 Å². The summed E-state index contributed by atoms with van der Waals surface area (Å²) in [6.07, 6.45) is 1.70. The number of aromatic nitrogens is 1. The molecule has 31 heavy (non-hydrogen) atoms. The lowest BCUT2D eigenvalue weighted by molar-refractivity contribution is 0.0951. The van der Waals surface area contributed by atoms with Crippen molar-refractivity contribution in [1.29, 1.82) is 0 Å². The van der Waals surface area contributed by atoms with E-state index in [9.17, 15) is 13.2 Å². The molecule has 0 atom stereocenters. The third-order valence-corrected chi connectivity index (χ3v) is 6.31. The van der Waals surface area contributed by atoms with Crippen molar-refractivity contribution < 1.29 is 13.2 Å². The van der Waals surface area contributed by atoms with Crippen LogP contribution in [0, 0.1) is 13.8 Å². The fourth-order valence-corrected chi connectivity index (χ4v) is 4.10. The molecule has 0 spiro atoms. The summed E-state index contributed by atoms with van der Waals surface area (Å²) in [6.45, 7) is 4.20. The minimum absolute atomic E-state index is 0.0874. The van der Waals surface area contributed by atoms with Crippen molar-refractivity contribution in [2.75, 3.05) is 23.7 Å². The molecule has 1 heterocycles. The van der Waals surface area contributed by atoms with Crippen LogP contribution in [0.25, 0.3) is 0 Å². The Morgan fingerprint density at radius 1 is 1.00 bits per heavy atom. The second-order valence-electron chi connectivity index (χ2n) is 7.49. The van der Waals surface area contributed by atoms with E-state index in [0.717, 1.165) is 22.5 Å². The van der Waals surface area contributed by atoms with Gasteiger partial charge in [-0.25, -0.2) is 13.4 Å². The Morgan fingerprint density at radius 2 is 1.71 bits per heavy atom. The van der Waals surface area contributed by atoms with Crippen molar-refractivity contribution in [1.82, 2.24) is 10.3 Å². The Morgan fingerprint density at radius 3 is 2.35 bits per heavy atom. The highest BCUT2D eigenvalue weighted by molar-refractivity contribution is 7.92. The number of carbonyl (C=O) groups is 1. The second-order valence-corrected chi connectivity index (χ2v) is 9.17. The highest BCUT2D eigenvalue weighted by Gasteiger charge is 2.16. The van der Waals surface area contributed by atoms with Gasteiger partial charge in [0.15, 0.2) is 0 Å². The molecule has 0 fully saturated rings. The maximum Gasteiger partial charge on any atom is 0.261 e. The molecule has 3 aromatic rings. The standard InChI is InChI=1S/C23H26N4O3S/c1-16-7-10-20(14-17(16)2)26-31(29,30)21-11-8-18(9-12-21)23(28)25-15-19-6-5-13-24-22(19)27(3)4/h5-14,26H,15H2,1-4H3,(H,25,28). The molecule has 2 N–H and O–H groups in total. The summed E-state index contributed by atoms with van der Waals surface area (Å²) in [6, 6.07) is 14.9. The number of nitrogens with one attached hydrogen (secondary N) is 2. The molecule has 0 saturated carbocycles. The monoisotopic (exact) mass is 438 g/mol. The predicted octanol–water partition coefficient (Wildman–Crippen LogP) is 3.50. The van der Waals surface area contributed by atoms with Crippen LogP contribution in [0.2, 0.25) is 0 Å². The molecule has 0 aliphatic rings.